The lowest BCUT2D eigenvalue weighted by atomic mass is 10.1. The van der Waals surface area contributed by atoms with E-state index < -0.39 is 0 Å². The van der Waals surface area contributed by atoms with Crippen LogP contribution in [0.2, 0.25) is 0 Å². The van der Waals surface area contributed by atoms with E-state index in [2.05, 4.69) is 11.8 Å². The van der Waals surface area contributed by atoms with Crippen LogP contribution < -0.4 is 5.73 Å². The number of carbonyl (C=O) groups is 1. The molecule has 0 aromatic carbocycles. The van der Waals surface area contributed by atoms with Crippen LogP contribution in [-0.4, -0.2) is 67.7 Å². The second-order valence-corrected chi connectivity index (χ2v) is 4.90. The minimum Gasteiger partial charge on any atom is -0.383 e. The summed E-state index contributed by atoms with van der Waals surface area (Å²) >= 11 is 0. The van der Waals surface area contributed by atoms with E-state index in [1.54, 1.807) is 7.11 Å². The van der Waals surface area contributed by atoms with E-state index in [0.29, 0.717) is 12.5 Å². The molecule has 5 nitrogen and oxygen atoms in total. The van der Waals surface area contributed by atoms with Gasteiger partial charge in [0.05, 0.1) is 6.61 Å². The Bertz CT molecular complexity index is 246. The highest BCUT2D eigenvalue weighted by atomic mass is 16.5. The lowest BCUT2D eigenvalue weighted by molar-refractivity contribution is -0.134. The molecule has 100 valence electrons. The maximum absolute atomic E-state index is 11.9. The van der Waals surface area contributed by atoms with E-state index in [0.717, 1.165) is 32.8 Å². The summed E-state index contributed by atoms with van der Waals surface area (Å²) < 4.78 is 5.08. The van der Waals surface area contributed by atoms with Gasteiger partial charge in [0.1, 0.15) is 0 Å². The molecule has 0 spiro atoms. The zero-order valence-electron chi connectivity index (χ0n) is 11.2. The van der Waals surface area contributed by atoms with Crippen molar-refractivity contribution in [3.8, 4) is 0 Å². The van der Waals surface area contributed by atoms with Crippen molar-refractivity contribution in [1.82, 2.24) is 9.80 Å². The van der Waals surface area contributed by atoms with Crippen molar-refractivity contribution in [2.45, 2.75) is 32.4 Å². The molecular formula is C12H25N3O2. The standard InChI is InChI=1S/C12H25N3O2/c1-10(13)8-12(16)15-5-4-14(6-7-17-3)11(2)9-15/h10-11H,4-9,13H2,1-3H3. The number of methoxy groups -OCH3 is 1. The molecule has 1 heterocycles. The third kappa shape index (κ3) is 4.61. The first-order chi connectivity index (χ1) is 8.04. The molecule has 2 atom stereocenters. The third-order valence-electron chi connectivity index (χ3n) is 3.20. The molecule has 0 aromatic heterocycles. The quantitative estimate of drug-likeness (QED) is 0.733. The molecule has 0 bridgehead atoms. The van der Waals surface area contributed by atoms with Crippen molar-refractivity contribution in [1.29, 1.82) is 0 Å². The van der Waals surface area contributed by atoms with Gasteiger partial charge in [-0.25, -0.2) is 0 Å². The van der Waals surface area contributed by atoms with Gasteiger partial charge in [0.2, 0.25) is 5.91 Å². The molecule has 2 unspecified atom stereocenters. The van der Waals surface area contributed by atoms with E-state index in [1.165, 1.54) is 0 Å². The van der Waals surface area contributed by atoms with Crippen molar-refractivity contribution in [3.05, 3.63) is 0 Å². The highest BCUT2D eigenvalue weighted by molar-refractivity contribution is 5.76. The van der Waals surface area contributed by atoms with Gasteiger partial charge in [0.15, 0.2) is 0 Å². The molecule has 0 aliphatic carbocycles. The molecular weight excluding hydrogens is 218 g/mol. The number of piperazine rings is 1. The Kier molecular flexibility index (Phi) is 5.88. The highest BCUT2D eigenvalue weighted by Gasteiger charge is 2.26. The molecule has 0 radical (unpaired) electrons. The van der Waals surface area contributed by atoms with Crippen molar-refractivity contribution in [3.63, 3.8) is 0 Å². The van der Waals surface area contributed by atoms with Crippen LogP contribution in [0.15, 0.2) is 0 Å². The molecule has 5 heteroatoms. The first kappa shape index (κ1) is 14.4. The Balaban J connectivity index is 2.38. The van der Waals surface area contributed by atoms with Gasteiger partial charge in [-0.15, -0.1) is 0 Å². The van der Waals surface area contributed by atoms with Crippen LogP contribution in [0.3, 0.4) is 0 Å². The first-order valence-corrected chi connectivity index (χ1v) is 6.31. The fourth-order valence-electron chi connectivity index (χ4n) is 2.17. The summed E-state index contributed by atoms with van der Waals surface area (Å²) in [4.78, 5) is 16.2. The van der Waals surface area contributed by atoms with Crippen LogP contribution in [-0.2, 0) is 9.53 Å². The van der Waals surface area contributed by atoms with Crippen molar-refractivity contribution in [2.75, 3.05) is 39.9 Å². The average Bonchev–Trinajstić information content (AvgIpc) is 2.26. The summed E-state index contributed by atoms with van der Waals surface area (Å²) in [6.45, 7) is 8.24. The minimum atomic E-state index is -0.0515. The van der Waals surface area contributed by atoms with E-state index in [4.69, 9.17) is 10.5 Å². The first-order valence-electron chi connectivity index (χ1n) is 6.31. The second-order valence-electron chi connectivity index (χ2n) is 4.90. The molecule has 0 aromatic rings. The number of nitrogens with two attached hydrogens (primary N) is 1. The van der Waals surface area contributed by atoms with E-state index in [9.17, 15) is 4.79 Å². The number of nitrogens with zero attached hydrogens (tertiary/aromatic N) is 2. The fourth-order valence-corrected chi connectivity index (χ4v) is 2.17. The van der Waals surface area contributed by atoms with Crippen LogP contribution in [0.1, 0.15) is 20.3 Å². The van der Waals surface area contributed by atoms with Gasteiger partial charge < -0.3 is 15.4 Å². The highest BCUT2D eigenvalue weighted by Crippen LogP contribution is 2.10. The predicted octanol–water partition coefficient (Wildman–Crippen LogP) is -0.0972. The molecule has 0 saturated carbocycles. The van der Waals surface area contributed by atoms with Gasteiger partial charge >= 0.3 is 0 Å². The summed E-state index contributed by atoms with van der Waals surface area (Å²) in [5.74, 6) is 0.179. The van der Waals surface area contributed by atoms with Gasteiger partial charge in [0, 0.05) is 51.8 Å². The monoisotopic (exact) mass is 243 g/mol. The summed E-state index contributed by atoms with van der Waals surface area (Å²) in [6, 6.07) is 0.347. The van der Waals surface area contributed by atoms with Gasteiger partial charge in [-0.1, -0.05) is 0 Å². The Hall–Kier alpha value is -0.650. The summed E-state index contributed by atoms with van der Waals surface area (Å²) in [6.07, 6.45) is 0.449. The number of rotatable bonds is 5. The topological polar surface area (TPSA) is 58.8 Å². The van der Waals surface area contributed by atoms with Gasteiger partial charge in [-0.05, 0) is 13.8 Å². The lowest BCUT2D eigenvalue weighted by Crippen LogP contribution is -2.54. The molecule has 1 saturated heterocycles. The Morgan fingerprint density at radius 3 is 2.76 bits per heavy atom. The maximum atomic E-state index is 11.9. The third-order valence-corrected chi connectivity index (χ3v) is 3.20. The van der Waals surface area contributed by atoms with Gasteiger partial charge in [-0.3, -0.25) is 9.69 Å². The average molecular weight is 243 g/mol. The van der Waals surface area contributed by atoms with E-state index in [1.807, 2.05) is 11.8 Å². The van der Waals surface area contributed by atoms with Gasteiger partial charge in [0.25, 0.3) is 0 Å². The van der Waals surface area contributed by atoms with Crippen LogP contribution in [0.25, 0.3) is 0 Å². The number of ether oxygens (including phenoxy) is 1. The Labute approximate surface area is 104 Å². The summed E-state index contributed by atoms with van der Waals surface area (Å²) in [5, 5.41) is 0. The lowest BCUT2D eigenvalue weighted by Gasteiger charge is -2.40. The van der Waals surface area contributed by atoms with Crippen molar-refractivity contribution in [2.24, 2.45) is 5.73 Å². The number of hydrogen-bond donors (Lipinski definition) is 1. The van der Waals surface area contributed by atoms with Crippen molar-refractivity contribution < 1.29 is 9.53 Å². The number of hydrogen-bond acceptors (Lipinski definition) is 4. The van der Waals surface area contributed by atoms with E-state index in [-0.39, 0.29) is 11.9 Å². The van der Waals surface area contributed by atoms with E-state index >= 15 is 0 Å². The predicted molar refractivity (Wildman–Crippen MR) is 67.8 cm³/mol. The fraction of sp³-hybridized carbons (Fsp3) is 0.917. The molecule has 1 rings (SSSR count). The van der Waals surface area contributed by atoms with Gasteiger partial charge in [-0.2, -0.15) is 0 Å². The molecule has 2 N–H and O–H groups in total. The molecule has 1 amide bonds. The summed E-state index contributed by atoms with van der Waals surface area (Å²) in [7, 11) is 1.72. The summed E-state index contributed by atoms with van der Waals surface area (Å²) in [5.41, 5.74) is 5.65. The molecule has 17 heavy (non-hydrogen) atoms. The van der Waals surface area contributed by atoms with Crippen LogP contribution in [0.5, 0.6) is 0 Å². The molecule has 1 fully saturated rings. The normalized spacial score (nSPS) is 23.8. The Morgan fingerprint density at radius 2 is 2.24 bits per heavy atom. The SMILES string of the molecule is COCCN1CCN(C(=O)CC(C)N)CC1C. The van der Waals surface area contributed by atoms with Crippen LogP contribution >= 0.6 is 0 Å². The van der Waals surface area contributed by atoms with Crippen LogP contribution in [0.4, 0.5) is 0 Å². The second kappa shape index (κ2) is 6.93. The van der Waals surface area contributed by atoms with Crippen molar-refractivity contribution >= 4 is 5.91 Å². The smallest absolute Gasteiger partial charge is 0.224 e. The number of carbonyl (C=O) groups excluding carboxylic acids is 1. The zero-order chi connectivity index (χ0) is 12.8. The van der Waals surface area contributed by atoms with Crippen LogP contribution in [0, 0.1) is 0 Å². The molecule has 1 aliphatic heterocycles. The molecule has 1 aliphatic rings. The zero-order valence-corrected chi connectivity index (χ0v) is 11.2. The largest absolute Gasteiger partial charge is 0.383 e. The Morgan fingerprint density at radius 1 is 1.53 bits per heavy atom. The maximum Gasteiger partial charge on any atom is 0.224 e. The minimum absolute atomic E-state index is 0.0515. The number of amides is 1.